The average Bonchev–Trinajstić information content (AvgIpc) is 2.57. The average molecular weight is 286 g/mol. The van der Waals surface area contributed by atoms with E-state index in [2.05, 4.69) is 15.9 Å². The first-order chi connectivity index (χ1) is 7.61. The number of nitrogens with zero attached hydrogens (tertiary/aromatic N) is 1. The standard InChI is InChI=1S/C11H12BrNO3/c12-8-1-2-10(7(3-8)6-14)13-5-9(15)4-11(13)16/h1-3,9,14-15H,4-6H2. The molecule has 4 nitrogen and oxygen atoms in total. The fourth-order valence-electron chi connectivity index (χ4n) is 1.87. The van der Waals surface area contributed by atoms with E-state index < -0.39 is 6.10 Å². The van der Waals surface area contributed by atoms with Crippen molar-refractivity contribution in [2.45, 2.75) is 19.1 Å². The number of hydrogen-bond acceptors (Lipinski definition) is 3. The van der Waals surface area contributed by atoms with Gasteiger partial charge < -0.3 is 15.1 Å². The molecule has 1 aliphatic rings. The maximum atomic E-state index is 11.6. The molecular formula is C11H12BrNO3. The number of amides is 1. The third kappa shape index (κ3) is 2.11. The van der Waals surface area contributed by atoms with Crippen LogP contribution in [-0.2, 0) is 11.4 Å². The SMILES string of the molecule is O=C1CC(O)CN1c1ccc(Br)cc1CO. The summed E-state index contributed by atoms with van der Waals surface area (Å²) in [4.78, 5) is 13.1. The molecule has 1 saturated heterocycles. The monoisotopic (exact) mass is 285 g/mol. The predicted molar refractivity (Wildman–Crippen MR) is 63.0 cm³/mol. The molecule has 2 N–H and O–H groups in total. The molecule has 1 aromatic rings. The first kappa shape index (κ1) is 11.6. The number of benzene rings is 1. The zero-order valence-electron chi connectivity index (χ0n) is 8.56. The smallest absolute Gasteiger partial charge is 0.229 e. The number of carbonyl (C=O) groups is 1. The van der Waals surface area contributed by atoms with Crippen LogP contribution in [0.1, 0.15) is 12.0 Å². The lowest BCUT2D eigenvalue weighted by molar-refractivity contribution is -0.117. The Balaban J connectivity index is 2.36. The highest BCUT2D eigenvalue weighted by Gasteiger charge is 2.30. The van der Waals surface area contributed by atoms with Crippen LogP contribution in [0.25, 0.3) is 0 Å². The number of aliphatic hydroxyl groups is 2. The molecule has 1 atom stereocenters. The van der Waals surface area contributed by atoms with Crippen LogP contribution < -0.4 is 4.90 Å². The molecule has 1 amide bonds. The van der Waals surface area contributed by atoms with Crippen molar-refractivity contribution in [3.05, 3.63) is 28.2 Å². The molecule has 1 fully saturated rings. The van der Waals surface area contributed by atoms with Gasteiger partial charge in [-0.1, -0.05) is 15.9 Å². The Morgan fingerprint density at radius 1 is 1.50 bits per heavy atom. The van der Waals surface area contributed by atoms with E-state index in [1.165, 1.54) is 4.90 Å². The number of halogens is 1. The van der Waals surface area contributed by atoms with Crippen molar-refractivity contribution in [2.24, 2.45) is 0 Å². The third-order valence-corrected chi connectivity index (χ3v) is 3.10. The number of anilines is 1. The normalized spacial score (nSPS) is 20.6. The minimum absolute atomic E-state index is 0.107. The third-order valence-electron chi connectivity index (χ3n) is 2.61. The molecule has 0 aliphatic carbocycles. The summed E-state index contributed by atoms with van der Waals surface area (Å²) in [6.07, 6.45) is -0.455. The molecule has 1 aromatic carbocycles. The number of β-amino-alcohol motifs (C(OH)–C–C–N with tert-alkyl or cyclic N) is 1. The van der Waals surface area contributed by atoms with Crippen LogP contribution >= 0.6 is 15.9 Å². The fraction of sp³-hybridized carbons (Fsp3) is 0.364. The molecule has 2 rings (SSSR count). The lowest BCUT2D eigenvalue weighted by atomic mass is 10.1. The summed E-state index contributed by atoms with van der Waals surface area (Å²) in [5.41, 5.74) is 1.35. The number of carbonyl (C=O) groups excluding carboxylic acids is 1. The number of aliphatic hydroxyl groups excluding tert-OH is 2. The maximum Gasteiger partial charge on any atom is 0.229 e. The largest absolute Gasteiger partial charge is 0.392 e. The van der Waals surface area contributed by atoms with Crippen LogP contribution in [-0.4, -0.2) is 28.8 Å². The van der Waals surface area contributed by atoms with Gasteiger partial charge in [-0.15, -0.1) is 0 Å². The fourth-order valence-corrected chi connectivity index (χ4v) is 2.27. The molecule has 0 radical (unpaired) electrons. The van der Waals surface area contributed by atoms with Gasteiger partial charge in [0.25, 0.3) is 0 Å². The van der Waals surface area contributed by atoms with Gasteiger partial charge in [0, 0.05) is 15.7 Å². The molecule has 86 valence electrons. The molecule has 1 aliphatic heterocycles. The molecule has 1 heterocycles. The Morgan fingerprint density at radius 3 is 2.81 bits per heavy atom. The minimum Gasteiger partial charge on any atom is -0.392 e. The summed E-state index contributed by atoms with van der Waals surface area (Å²) in [6, 6.07) is 5.35. The van der Waals surface area contributed by atoms with Crippen LogP contribution in [0.15, 0.2) is 22.7 Å². The second-order valence-electron chi connectivity index (χ2n) is 3.79. The Labute approximate surface area is 102 Å². The molecule has 16 heavy (non-hydrogen) atoms. The van der Waals surface area contributed by atoms with Gasteiger partial charge in [-0.2, -0.15) is 0 Å². The van der Waals surface area contributed by atoms with Crippen LogP contribution in [0.3, 0.4) is 0 Å². The second kappa shape index (κ2) is 4.53. The molecule has 0 bridgehead atoms. The molecule has 0 spiro atoms. The van der Waals surface area contributed by atoms with Crippen molar-refractivity contribution in [1.29, 1.82) is 0 Å². The van der Waals surface area contributed by atoms with Gasteiger partial charge in [-0.3, -0.25) is 4.79 Å². The van der Waals surface area contributed by atoms with Crippen molar-refractivity contribution in [2.75, 3.05) is 11.4 Å². The van der Waals surface area contributed by atoms with E-state index in [4.69, 9.17) is 0 Å². The van der Waals surface area contributed by atoms with Crippen molar-refractivity contribution in [3.8, 4) is 0 Å². The van der Waals surface area contributed by atoms with Crippen LogP contribution in [0, 0.1) is 0 Å². The first-order valence-corrected chi connectivity index (χ1v) is 5.79. The Kier molecular flexibility index (Phi) is 3.28. The van der Waals surface area contributed by atoms with Gasteiger partial charge >= 0.3 is 0 Å². The molecule has 1 unspecified atom stereocenters. The van der Waals surface area contributed by atoms with Crippen molar-refractivity contribution in [1.82, 2.24) is 0 Å². The van der Waals surface area contributed by atoms with Crippen molar-refractivity contribution in [3.63, 3.8) is 0 Å². The predicted octanol–water partition coefficient (Wildman–Crippen LogP) is 1.04. The topological polar surface area (TPSA) is 60.8 Å². The minimum atomic E-state index is -0.609. The maximum absolute atomic E-state index is 11.6. The highest BCUT2D eigenvalue weighted by atomic mass is 79.9. The quantitative estimate of drug-likeness (QED) is 0.854. The summed E-state index contributed by atoms with van der Waals surface area (Å²) in [6.45, 7) is 0.169. The van der Waals surface area contributed by atoms with E-state index in [9.17, 15) is 15.0 Å². The van der Waals surface area contributed by atoms with Crippen LogP contribution in [0.4, 0.5) is 5.69 Å². The summed E-state index contributed by atoms with van der Waals surface area (Å²) >= 11 is 3.31. The van der Waals surface area contributed by atoms with E-state index in [0.717, 1.165) is 4.47 Å². The number of hydrogen-bond donors (Lipinski definition) is 2. The Morgan fingerprint density at radius 2 is 2.25 bits per heavy atom. The van der Waals surface area contributed by atoms with Crippen LogP contribution in [0.5, 0.6) is 0 Å². The van der Waals surface area contributed by atoms with E-state index in [-0.39, 0.29) is 18.9 Å². The van der Waals surface area contributed by atoms with Gasteiger partial charge in [0.2, 0.25) is 5.91 Å². The van der Waals surface area contributed by atoms with Gasteiger partial charge in [-0.05, 0) is 18.2 Å². The lowest BCUT2D eigenvalue weighted by Crippen LogP contribution is -2.26. The Hall–Kier alpha value is -0.910. The van der Waals surface area contributed by atoms with E-state index in [1.807, 2.05) is 6.07 Å². The highest BCUT2D eigenvalue weighted by Crippen LogP contribution is 2.28. The van der Waals surface area contributed by atoms with E-state index in [0.29, 0.717) is 17.8 Å². The van der Waals surface area contributed by atoms with Gasteiger partial charge in [0.15, 0.2) is 0 Å². The lowest BCUT2D eigenvalue weighted by Gasteiger charge is -2.19. The Bertz CT molecular complexity index is 422. The second-order valence-corrected chi connectivity index (χ2v) is 4.71. The van der Waals surface area contributed by atoms with Gasteiger partial charge in [-0.25, -0.2) is 0 Å². The van der Waals surface area contributed by atoms with Crippen LogP contribution in [0.2, 0.25) is 0 Å². The molecular weight excluding hydrogens is 274 g/mol. The van der Waals surface area contributed by atoms with E-state index in [1.54, 1.807) is 12.1 Å². The zero-order valence-corrected chi connectivity index (χ0v) is 10.1. The van der Waals surface area contributed by atoms with Crippen molar-refractivity contribution >= 4 is 27.5 Å². The summed E-state index contributed by atoms with van der Waals surface area (Å²) in [5.74, 6) is -0.107. The summed E-state index contributed by atoms with van der Waals surface area (Å²) < 4.78 is 0.854. The van der Waals surface area contributed by atoms with Crippen molar-refractivity contribution < 1.29 is 15.0 Å². The van der Waals surface area contributed by atoms with Gasteiger partial charge in [0.1, 0.15) is 0 Å². The zero-order chi connectivity index (χ0) is 11.7. The number of rotatable bonds is 2. The summed E-state index contributed by atoms with van der Waals surface area (Å²) in [5, 5.41) is 18.6. The summed E-state index contributed by atoms with van der Waals surface area (Å²) in [7, 11) is 0. The molecule has 0 aromatic heterocycles. The molecule has 0 saturated carbocycles. The molecule has 5 heteroatoms. The highest BCUT2D eigenvalue weighted by molar-refractivity contribution is 9.10. The van der Waals surface area contributed by atoms with Gasteiger partial charge in [0.05, 0.1) is 25.7 Å². The van der Waals surface area contributed by atoms with E-state index >= 15 is 0 Å². The first-order valence-electron chi connectivity index (χ1n) is 4.99.